The second kappa shape index (κ2) is 8.54. The van der Waals surface area contributed by atoms with Gasteiger partial charge in [0, 0.05) is 56.9 Å². The lowest BCUT2D eigenvalue weighted by Crippen LogP contribution is -2.48. The highest BCUT2D eigenvalue weighted by Crippen LogP contribution is 2.35. The molecule has 3 aromatic heterocycles. The highest BCUT2D eigenvalue weighted by Gasteiger charge is 2.34. The summed E-state index contributed by atoms with van der Waals surface area (Å²) in [6.45, 7) is 9.10. The summed E-state index contributed by atoms with van der Waals surface area (Å²) in [4.78, 5) is 14.3. The van der Waals surface area contributed by atoms with Gasteiger partial charge in [-0.1, -0.05) is 12.1 Å². The average molecular weight is 438 g/mol. The number of ether oxygens (including phenoxy) is 1. The van der Waals surface area contributed by atoms with Gasteiger partial charge in [-0.25, -0.2) is 4.98 Å². The lowest BCUT2D eigenvalue weighted by atomic mass is 10.1. The fourth-order valence-electron chi connectivity index (χ4n) is 5.00. The van der Waals surface area contributed by atoms with Crippen molar-refractivity contribution in [1.29, 1.82) is 0 Å². The summed E-state index contributed by atoms with van der Waals surface area (Å²) in [7, 11) is 0. The lowest BCUT2D eigenvalue weighted by Gasteiger charge is -2.40. The van der Waals surface area contributed by atoms with Gasteiger partial charge in [-0.15, -0.1) is 11.3 Å². The third-order valence-corrected chi connectivity index (χ3v) is 7.75. The largest absolute Gasteiger partial charge is 0.378 e. The molecule has 31 heavy (non-hydrogen) atoms. The van der Waals surface area contributed by atoms with Crippen LogP contribution in [-0.2, 0) is 11.3 Å². The van der Waals surface area contributed by atoms with Crippen LogP contribution in [-0.4, -0.2) is 71.7 Å². The first-order valence-electron chi connectivity index (χ1n) is 11.6. The van der Waals surface area contributed by atoms with Gasteiger partial charge < -0.3 is 9.64 Å². The van der Waals surface area contributed by atoms with Gasteiger partial charge in [0.2, 0.25) is 0 Å². The fourth-order valence-corrected chi connectivity index (χ4v) is 5.75. The minimum Gasteiger partial charge on any atom is -0.378 e. The molecule has 2 aliphatic heterocycles. The van der Waals surface area contributed by atoms with Crippen molar-refractivity contribution >= 4 is 22.8 Å². The van der Waals surface area contributed by atoms with Crippen LogP contribution in [0, 0.1) is 5.92 Å². The minimum absolute atomic E-state index is 0.367. The highest BCUT2D eigenvalue weighted by atomic mass is 32.1. The number of thiophene rings is 1. The molecule has 0 bridgehead atoms. The average Bonchev–Trinajstić information content (AvgIpc) is 3.29. The van der Waals surface area contributed by atoms with E-state index >= 15 is 0 Å². The molecule has 0 spiro atoms. The molecule has 0 unspecified atom stereocenters. The number of rotatable bonds is 6. The van der Waals surface area contributed by atoms with E-state index in [-0.39, 0.29) is 0 Å². The highest BCUT2D eigenvalue weighted by molar-refractivity contribution is 7.09. The van der Waals surface area contributed by atoms with Crippen LogP contribution in [0.2, 0.25) is 0 Å². The first-order chi connectivity index (χ1) is 15.3. The Kier molecular flexibility index (Phi) is 5.44. The maximum atomic E-state index is 5.57. The van der Waals surface area contributed by atoms with Crippen LogP contribution in [0.3, 0.4) is 0 Å². The van der Waals surface area contributed by atoms with E-state index in [4.69, 9.17) is 9.72 Å². The van der Waals surface area contributed by atoms with Crippen LogP contribution in [0.1, 0.15) is 29.5 Å². The molecule has 2 saturated heterocycles. The van der Waals surface area contributed by atoms with Crippen LogP contribution in [0.25, 0.3) is 5.65 Å². The number of hydrogen-bond acceptors (Lipinski definition) is 6. The Hall–Kier alpha value is -1.93. The predicted molar refractivity (Wildman–Crippen MR) is 125 cm³/mol. The lowest BCUT2D eigenvalue weighted by molar-refractivity contribution is 0.0645. The summed E-state index contributed by atoms with van der Waals surface area (Å²) in [6.07, 6.45) is 5.10. The van der Waals surface area contributed by atoms with E-state index in [1.54, 1.807) is 0 Å². The van der Waals surface area contributed by atoms with Crippen LogP contribution >= 0.6 is 11.3 Å². The minimum atomic E-state index is 0.367. The van der Waals surface area contributed by atoms with Gasteiger partial charge in [0.05, 0.1) is 24.9 Å². The summed E-state index contributed by atoms with van der Waals surface area (Å²) in [5.74, 6) is 2.13. The van der Waals surface area contributed by atoms with Crippen molar-refractivity contribution in [1.82, 2.24) is 19.2 Å². The summed E-state index contributed by atoms with van der Waals surface area (Å²) in [5.41, 5.74) is 2.28. The number of piperazine rings is 1. The van der Waals surface area contributed by atoms with E-state index in [0.717, 1.165) is 64.0 Å². The Labute approximate surface area is 188 Å². The Balaban J connectivity index is 1.29. The monoisotopic (exact) mass is 437 g/mol. The number of aromatic nitrogens is 2. The van der Waals surface area contributed by atoms with Gasteiger partial charge in [0.15, 0.2) is 0 Å². The number of nitrogens with zero attached hydrogens (tertiary/aromatic N) is 5. The summed E-state index contributed by atoms with van der Waals surface area (Å²) in [6, 6.07) is 11.3. The molecule has 3 fully saturated rings. The van der Waals surface area contributed by atoms with Crippen molar-refractivity contribution < 1.29 is 4.74 Å². The van der Waals surface area contributed by atoms with Gasteiger partial charge in [-0.3, -0.25) is 14.2 Å². The fraction of sp³-hybridized carbons (Fsp3) is 0.542. The molecule has 0 aromatic carbocycles. The molecule has 6 nitrogen and oxygen atoms in total. The molecule has 6 rings (SSSR count). The zero-order chi connectivity index (χ0) is 20.6. The summed E-state index contributed by atoms with van der Waals surface area (Å²) < 4.78 is 7.87. The van der Waals surface area contributed by atoms with Gasteiger partial charge in [0.1, 0.15) is 11.5 Å². The molecule has 164 valence electrons. The van der Waals surface area contributed by atoms with Crippen molar-refractivity contribution in [3.8, 4) is 0 Å². The molecule has 0 radical (unpaired) electrons. The normalized spacial score (nSPS) is 23.6. The summed E-state index contributed by atoms with van der Waals surface area (Å²) >= 11 is 1.87. The molecular weight excluding hydrogens is 406 g/mol. The van der Waals surface area contributed by atoms with Gasteiger partial charge in [-0.2, -0.15) is 0 Å². The topological polar surface area (TPSA) is 36.2 Å². The van der Waals surface area contributed by atoms with Crippen molar-refractivity contribution in [2.24, 2.45) is 5.92 Å². The van der Waals surface area contributed by atoms with E-state index < -0.39 is 0 Å². The van der Waals surface area contributed by atoms with Gasteiger partial charge in [0.25, 0.3) is 0 Å². The quantitative estimate of drug-likeness (QED) is 0.590. The van der Waals surface area contributed by atoms with E-state index in [2.05, 4.69) is 61.0 Å². The molecule has 0 amide bonds. The standard InChI is InChI=1S/C24H31N5OS/c1-4-23-25-21(17-29(23)24(5-1)27-10-12-30-13-11-27)22-18-26(16-20-3-2-14-31-20)8-9-28(22)15-19-6-7-19/h1-5,14,17,19,22H,6-13,15-16,18H2/t22-/m0/s1. The smallest absolute Gasteiger partial charge is 0.138 e. The zero-order valence-corrected chi connectivity index (χ0v) is 18.8. The molecule has 1 saturated carbocycles. The third kappa shape index (κ3) is 4.24. The van der Waals surface area contributed by atoms with E-state index in [1.807, 2.05) is 11.3 Å². The maximum Gasteiger partial charge on any atom is 0.138 e. The summed E-state index contributed by atoms with van der Waals surface area (Å²) in [5, 5.41) is 2.19. The SMILES string of the molecule is c1csc(CN2CCN(CC3CC3)[C@H](c3cn4c(N5CCOCC5)cccc4n3)C2)c1. The first kappa shape index (κ1) is 19.7. The van der Waals surface area contributed by atoms with Gasteiger partial charge >= 0.3 is 0 Å². The number of pyridine rings is 1. The molecule has 3 aliphatic rings. The van der Waals surface area contributed by atoms with Crippen molar-refractivity contribution in [3.05, 3.63) is 52.5 Å². The Morgan fingerprint density at radius 2 is 1.94 bits per heavy atom. The molecular formula is C24H31N5OS. The number of anilines is 1. The molecule has 7 heteroatoms. The Bertz CT molecular complexity index is 1010. The molecule has 1 aliphatic carbocycles. The number of hydrogen-bond donors (Lipinski definition) is 0. The van der Waals surface area contributed by atoms with Crippen molar-refractivity contribution in [2.45, 2.75) is 25.4 Å². The van der Waals surface area contributed by atoms with E-state index in [9.17, 15) is 0 Å². The van der Waals surface area contributed by atoms with Crippen molar-refractivity contribution in [2.75, 3.05) is 57.4 Å². The number of imidazole rings is 1. The molecule has 5 heterocycles. The molecule has 3 aromatic rings. The first-order valence-corrected chi connectivity index (χ1v) is 12.5. The van der Waals surface area contributed by atoms with Crippen LogP contribution in [0.15, 0.2) is 41.9 Å². The third-order valence-electron chi connectivity index (χ3n) is 6.89. The van der Waals surface area contributed by atoms with E-state index in [1.165, 1.54) is 35.8 Å². The number of morpholine rings is 1. The van der Waals surface area contributed by atoms with Crippen LogP contribution < -0.4 is 4.90 Å². The van der Waals surface area contributed by atoms with E-state index in [0.29, 0.717) is 6.04 Å². The van der Waals surface area contributed by atoms with Crippen LogP contribution in [0.5, 0.6) is 0 Å². The number of fused-ring (bicyclic) bond motifs is 1. The van der Waals surface area contributed by atoms with Gasteiger partial charge in [-0.05, 0) is 42.3 Å². The predicted octanol–water partition coefficient (Wildman–Crippen LogP) is 3.50. The second-order valence-corrected chi connectivity index (χ2v) is 10.2. The van der Waals surface area contributed by atoms with Crippen molar-refractivity contribution in [3.63, 3.8) is 0 Å². The molecule has 1 atom stereocenters. The maximum absolute atomic E-state index is 5.57. The Morgan fingerprint density at radius 3 is 2.74 bits per heavy atom. The molecule has 0 N–H and O–H groups in total. The Morgan fingerprint density at radius 1 is 1.03 bits per heavy atom. The van der Waals surface area contributed by atoms with Crippen LogP contribution in [0.4, 0.5) is 5.82 Å². The second-order valence-electron chi connectivity index (χ2n) is 9.15. The zero-order valence-electron chi connectivity index (χ0n) is 18.0.